The Morgan fingerprint density at radius 2 is 1.76 bits per heavy atom. The van der Waals surface area contributed by atoms with Crippen LogP contribution < -0.4 is 10.3 Å². The molecule has 4 aliphatic heterocycles. The average molecular weight is 616 g/mol. The number of pyridine rings is 2. The summed E-state index contributed by atoms with van der Waals surface area (Å²) in [6.45, 7) is 8.08. The van der Waals surface area contributed by atoms with Crippen molar-refractivity contribution in [1.29, 1.82) is 0 Å². The van der Waals surface area contributed by atoms with Gasteiger partial charge in [0.15, 0.2) is 5.60 Å². The molecule has 0 radical (unpaired) electrons. The quantitative estimate of drug-likeness (QED) is 0.336. The van der Waals surface area contributed by atoms with E-state index in [0.29, 0.717) is 68.3 Å². The van der Waals surface area contributed by atoms with Gasteiger partial charge in [0.2, 0.25) is 5.91 Å². The fourth-order valence-electron chi connectivity index (χ4n) is 7.12. The van der Waals surface area contributed by atoms with Crippen molar-refractivity contribution in [2.75, 3.05) is 45.8 Å². The van der Waals surface area contributed by atoms with Gasteiger partial charge in [-0.25, -0.2) is 14.6 Å². The van der Waals surface area contributed by atoms with Gasteiger partial charge in [0.05, 0.1) is 35.6 Å². The molecule has 7 rings (SSSR count). The van der Waals surface area contributed by atoms with Crippen LogP contribution in [0.2, 0.25) is 0 Å². The first-order valence-corrected chi connectivity index (χ1v) is 15.8. The lowest BCUT2D eigenvalue weighted by atomic mass is 9.86. The first-order chi connectivity index (χ1) is 21.7. The van der Waals surface area contributed by atoms with Crippen LogP contribution in [-0.4, -0.2) is 93.1 Å². The SMILES string of the molecule is CCc1c2c(nc3ccc(OC(=O)N4CCN(CC(=O)N5CCCC5)CC4)cc13)-c1cc3c(c(=O)n1C2)COC(=O)[C@]3(O)CC. The molecule has 0 saturated carbocycles. The molecule has 2 aromatic heterocycles. The molecule has 0 aliphatic carbocycles. The van der Waals surface area contributed by atoms with Gasteiger partial charge in [0.25, 0.3) is 5.56 Å². The van der Waals surface area contributed by atoms with Crippen LogP contribution in [0.3, 0.4) is 0 Å². The number of piperazine rings is 1. The van der Waals surface area contributed by atoms with E-state index in [4.69, 9.17) is 14.5 Å². The van der Waals surface area contributed by atoms with E-state index in [1.54, 1.807) is 34.6 Å². The number of aromatic nitrogens is 2. The van der Waals surface area contributed by atoms with Crippen molar-refractivity contribution >= 4 is 28.9 Å². The van der Waals surface area contributed by atoms with Crippen LogP contribution in [0.1, 0.15) is 55.4 Å². The molecule has 3 aromatic rings. The minimum atomic E-state index is -1.88. The summed E-state index contributed by atoms with van der Waals surface area (Å²) in [5.41, 5.74) is 2.14. The van der Waals surface area contributed by atoms with Crippen LogP contribution in [0.15, 0.2) is 29.1 Å². The summed E-state index contributed by atoms with van der Waals surface area (Å²) in [5.74, 6) is -0.189. The largest absolute Gasteiger partial charge is 0.458 e. The highest BCUT2D eigenvalue weighted by molar-refractivity contribution is 5.90. The number of aliphatic hydroxyl groups is 1. The standard InChI is InChI=1S/C33H37N5O7/c1-3-21-22-15-20(45-32(42)37-13-11-35(12-14-37)18-28(39)36-9-5-6-10-36)7-8-26(22)34-29-23(21)17-38-27(29)16-25-24(30(38)40)19-44-31(41)33(25,43)4-2/h7-8,15-16,43H,3-6,9-14,17-19H2,1-2H3/t33-/m0/s1. The van der Waals surface area contributed by atoms with Gasteiger partial charge >= 0.3 is 12.1 Å². The number of ether oxygens (including phenoxy) is 2. The van der Waals surface area contributed by atoms with E-state index >= 15 is 0 Å². The zero-order chi connectivity index (χ0) is 31.5. The van der Waals surface area contributed by atoms with Crippen molar-refractivity contribution in [2.24, 2.45) is 0 Å². The average Bonchev–Trinajstić information content (AvgIpc) is 3.72. The second-order valence-corrected chi connectivity index (χ2v) is 12.3. The van der Waals surface area contributed by atoms with Crippen molar-refractivity contribution in [3.63, 3.8) is 0 Å². The van der Waals surface area contributed by atoms with Crippen molar-refractivity contribution in [3.05, 3.63) is 56.9 Å². The number of hydrogen-bond donors (Lipinski definition) is 1. The molecule has 2 saturated heterocycles. The molecule has 12 nitrogen and oxygen atoms in total. The minimum absolute atomic E-state index is 0.0789. The Hall–Kier alpha value is -4.29. The smallest absolute Gasteiger partial charge is 0.415 e. The molecule has 0 spiro atoms. The number of benzene rings is 1. The predicted molar refractivity (Wildman–Crippen MR) is 164 cm³/mol. The number of aryl methyl sites for hydroxylation is 1. The first kappa shape index (κ1) is 29.4. The second kappa shape index (κ2) is 11.3. The van der Waals surface area contributed by atoms with Crippen LogP contribution in [0, 0.1) is 0 Å². The molecular formula is C33H37N5O7. The van der Waals surface area contributed by atoms with Gasteiger partial charge in [-0.05, 0) is 55.5 Å². The Morgan fingerprint density at radius 1 is 1.00 bits per heavy atom. The molecule has 45 heavy (non-hydrogen) atoms. The van der Waals surface area contributed by atoms with Gasteiger partial charge in [-0.15, -0.1) is 0 Å². The van der Waals surface area contributed by atoms with Gasteiger partial charge in [-0.1, -0.05) is 13.8 Å². The van der Waals surface area contributed by atoms with Gasteiger partial charge < -0.3 is 28.9 Å². The molecule has 1 atom stereocenters. The van der Waals surface area contributed by atoms with Gasteiger partial charge in [-0.3, -0.25) is 14.5 Å². The summed E-state index contributed by atoms with van der Waals surface area (Å²) < 4.78 is 12.6. The molecule has 0 unspecified atom stereocenters. The molecule has 4 aliphatic rings. The normalized spacial score (nSPS) is 21.0. The third kappa shape index (κ3) is 4.87. The van der Waals surface area contributed by atoms with E-state index < -0.39 is 17.7 Å². The number of nitrogens with zero attached hydrogens (tertiary/aromatic N) is 5. The third-order valence-electron chi connectivity index (χ3n) is 9.78. The molecule has 2 amide bonds. The van der Waals surface area contributed by atoms with E-state index in [9.17, 15) is 24.3 Å². The summed E-state index contributed by atoms with van der Waals surface area (Å²) >= 11 is 0. The van der Waals surface area contributed by atoms with Crippen molar-refractivity contribution in [2.45, 2.75) is 58.3 Å². The lowest BCUT2D eigenvalue weighted by Gasteiger charge is -2.34. The highest BCUT2D eigenvalue weighted by atomic mass is 16.6. The molecule has 6 heterocycles. The predicted octanol–water partition coefficient (Wildman–Crippen LogP) is 2.38. The summed E-state index contributed by atoms with van der Waals surface area (Å²) in [5, 5.41) is 12.0. The van der Waals surface area contributed by atoms with Crippen molar-refractivity contribution in [3.8, 4) is 17.1 Å². The topological polar surface area (TPSA) is 135 Å². The second-order valence-electron chi connectivity index (χ2n) is 12.3. The highest BCUT2D eigenvalue weighted by Crippen LogP contribution is 2.40. The maximum atomic E-state index is 13.6. The van der Waals surface area contributed by atoms with Crippen LogP contribution >= 0.6 is 0 Å². The molecule has 2 fully saturated rings. The first-order valence-electron chi connectivity index (χ1n) is 15.8. The number of cyclic esters (lactones) is 1. The van der Waals surface area contributed by atoms with Crippen molar-refractivity contribution < 1.29 is 29.0 Å². The number of esters is 1. The number of fused-ring (bicyclic) bond motifs is 5. The van der Waals surface area contributed by atoms with Crippen LogP contribution in [0.5, 0.6) is 5.75 Å². The van der Waals surface area contributed by atoms with Gasteiger partial charge in [0.1, 0.15) is 12.4 Å². The molecule has 1 N–H and O–H groups in total. The van der Waals surface area contributed by atoms with Crippen LogP contribution in [0.25, 0.3) is 22.3 Å². The summed E-state index contributed by atoms with van der Waals surface area (Å²) in [6, 6.07) is 7.05. The Labute approximate surface area is 260 Å². The van der Waals surface area contributed by atoms with Gasteiger partial charge in [0, 0.05) is 55.8 Å². The fraction of sp³-hybridized carbons (Fsp3) is 0.485. The Balaban J connectivity index is 1.11. The number of rotatable bonds is 5. The number of carbonyl (C=O) groups excluding carboxylic acids is 3. The van der Waals surface area contributed by atoms with Crippen LogP contribution in [0.4, 0.5) is 4.79 Å². The Kier molecular flexibility index (Phi) is 7.36. The van der Waals surface area contributed by atoms with E-state index in [1.165, 1.54) is 0 Å². The number of amides is 2. The molecule has 1 aromatic carbocycles. The molecular weight excluding hydrogens is 578 g/mol. The lowest BCUT2D eigenvalue weighted by molar-refractivity contribution is -0.172. The van der Waals surface area contributed by atoms with E-state index in [1.807, 2.05) is 17.9 Å². The Bertz CT molecular complexity index is 1790. The summed E-state index contributed by atoms with van der Waals surface area (Å²) in [6.07, 6.45) is 2.43. The van der Waals surface area contributed by atoms with E-state index in [-0.39, 0.29) is 35.6 Å². The summed E-state index contributed by atoms with van der Waals surface area (Å²) in [4.78, 5) is 62.3. The van der Waals surface area contributed by atoms with Gasteiger partial charge in [-0.2, -0.15) is 0 Å². The number of carbonyl (C=O) groups is 3. The maximum absolute atomic E-state index is 13.6. The van der Waals surface area contributed by atoms with Crippen molar-refractivity contribution in [1.82, 2.24) is 24.3 Å². The van der Waals surface area contributed by atoms with E-state index in [0.717, 1.165) is 42.4 Å². The third-order valence-corrected chi connectivity index (χ3v) is 9.78. The Morgan fingerprint density at radius 3 is 2.47 bits per heavy atom. The minimum Gasteiger partial charge on any atom is -0.458 e. The zero-order valence-electron chi connectivity index (χ0n) is 25.6. The zero-order valence-corrected chi connectivity index (χ0v) is 25.6. The molecule has 12 heteroatoms. The lowest BCUT2D eigenvalue weighted by Crippen LogP contribution is -2.52. The number of likely N-dealkylation sites (tertiary alicyclic amines) is 1. The fourth-order valence-corrected chi connectivity index (χ4v) is 7.12. The van der Waals surface area contributed by atoms with Crippen LogP contribution in [-0.2, 0) is 39.5 Å². The maximum Gasteiger partial charge on any atom is 0.415 e. The number of hydrogen-bond acceptors (Lipinski definition) is 9. The monoisotopic (exact) mass is 615 g/mol. The highest BCUT2D eigenvalue weighted by Gasteiger charge is 2.45. The van der Waals surface area contributed by atoms with E-state index in [2.05, 4.69) is 4.90 Å². The molecule has 236 valence electrons. The molecule has 0 bridgehead atoms. The summed E-state index contributed by atoms with van der Waals surface area (Å²) in [7, 11) is 0.